The standard InChI is InChI=1S/C12H13F3O/c1-3-7(2)6-10(16)8-4-5-9(13)12(15)11(8)14/h4-5,7H,3,6H2,1-2H3. The second-order valence-corrected chi connectivity index (χ2v) is 3.86. The first-order chi connectivity index (χ1) is 7.47. The van der Waals surface area contributed by atoms with Crippen molar-refractivity contribution in [1.29, 1.82) is 0 Å². The molecule has 0 saturated heterocycles. The number of hydrogen-bond acceptors (Lipinski definition) is 1. The number of halogens is 3. The van der Waals surface area contributed by atoms with Gasteiger partial charge in [0.05, 0.1) is 5.56 Å². The minimum atomic E-state index is -1.59. The molecule has 88 valence electrons. The van der Waals surface area contributed by atoms with Crippen LogP contribution in [0.2, 0.25) is 0 Å². The molecule has 0 radical (unpaired) electrons. The predicted octanol–water partition coefficient (Wildman–Crippen LogP) is 3.72. The lowest BCUT2D eigenvalue weighted by Crippen LogP contribution is -2.09. The maximum Gasteiger partial charge on any atom is 0.195 e. The average Bonchev–Trinajstić information content (AvgIpc) is 2.25. The molecule has 1 rings (SSSR count). The third kappa shape index (κ3) is 2.62. The van der Waals surface area contributed by atoms with Gasteiger partial charge in [0.2, 0.25) is 0 Å². The van der Waals surface area contributed by atoms with Crippen LogP contribution in [-0.2, 0) is 0 Å². The molecule has 0 saturated carbocycles. The molecule has 16 heavy (non-hydrogen) atoms. The highest BCUT2D eigenvalue weighted by Gasteiger charge is 2.19. The Balaban J connectivity index is 2.97. The first-order valence-electron chi connectivity index (χ1n) is 5.14. The first-order valence-corrected chi connectivity index (χ1v) is 5.14. The predicted molar refractivity (Wildman–Crippen MR) is 54.7 cm³/mol. The van der Waals surface area contributed by atoms with Crippen LogP contribution in [-0.4, -0.2) is 5.78 Å². The Hall–Kier alpha value is -1.32. The van der Waals surface area contributed by atoms with E-state index in [0.29, 0.717) is 0 Å². The summed E-state index contributed by atoms with van der Waals surface area (Å²) in [6.45, 7) is 3.75. The largest absolute Gasteiger partial charge is 0.294 e. The number of benzene rings is 1. The average molecular weight is 230 g/mol. The van der Waals surface area contributed by atoms with Crippen LogP contribution in [0.5, 0.6) is 0 Å². The van der Waals surface area contributed by atoms with E-state index in [1.165, 1.54) is 0 Å². The molecule has 0 aromatic heterocycles. The molecule has 1 atom stereocenters. The lowest BCUT2D eigenvalue weighted by molar-refractivity contribution is 0.0958. The zero-order valence-corrected chi connectivity index (χ0v) is 9.19. The third-order valence-electron chi connectivity index (χ3n) is 2.57. The second-order valence-electron chi connectivity index (χ2n) is 3.86. The summed E-state index contributed by atoms with van der Waals surface area (Å²) in [6.07, 6.45) is 0.912. The molecule has 4 heteroatoms. The number of hydrogen-bond donors (Lipinski definition) is 0. The minimum Gasteiger partial charge on any atom is -0.294 e. The summed E-state index contributed by atoms with van der Waals surface area (Å²) < 4.78 is 38.7. The monoisotopic (exact) mass is 230 g/mol. The van der Waals surface area contributed by atoms with Crippen molar-refractivity contribution < 1.29 is 18.0 Å². The molecular weight excluding hydrogens is 217 g/mol. The minimum absolute atomic E-state index is 0.0972. The third-order valence-corrected chi connectivity index (χ3v) is 2.57. The number of carbonyl (C=O) groups excluding carboxylic acids is 1. The van der Waals surface area contributed by atoms with E-state index in [2.05, 4.69) is 0 Å². The van der Waals surface area contributed by atoms with Gasteiger partial charge in [-0.3, -0.25) is 4.79 Å². The molecule has 0 amide bonds. The van der Waals surface area contributed by atoms with Gasteiger partial charge in [-0.1, -0.05) is 20.3 Å². The van der Waals surface area contributed by atoms with Gasteiger partial charge >= 0.3 is 0 Å². The molecule has 0 aliphatic rings. The zero-order chi connectivity index (χ0) is 12.3. The number of ketones is 1. The molecule has 0 N–H and O–H groups in total. The zero-order valence-electron chi connectivity index (χ0n) is 9.19. The van der Waals surface area contributed by atoms with Gasteiger partial charge in [-0.2, -0.15) is 0 Å². The van der Waals surface area contributed by atoms with Gasteiger partial charge in [0.1, 0.15) is 0 Å². The molecule has 0 spiro atoms. The van der Waals surface area contributed by atoms with Crippen LogP contribution >= 0.6 is 0 Å². The molecule has 0 fully saturated rings. The Kier molecular flexibility index (Phi) is 4.10. The van der Waals surface area contributed by atoms with Gasteiger partial charge in [-0.05, 0) is 18.1 Å². The van der Waals surface area contributed by atoms with Crippen LogP contribution in [0.3, 0.4) is 0 Å². The number of Topliss-reactive ketones (excluding diaryl/α,β-unsaturated/α-hetero) is 1. The Morgan fingerprint density at radius 3 is 2.44 bits per heavy atom. The lowest BCUT2D eigenvalue weighted by atomic mass is 9.97. The maximum atomic E-state index is 13.2. The van der Waals surface area contributed by atoms with Crippen molar-refractivity contribution in [2.75, 3.05) is 0 Å². The van der Waals surface area contributed by atoms with Crippen molar-refractivity contribution in [1.82, 2.24) is 0 Å². The normalized spacial score (nSPS) is 12.6. The van der Waals surface area contributed by atoms with Gasteiger partial charge in [0, 0.05) is 6.42 Å². The quantitative estimate of drug-likeness (QED) is 0.569. The molecule has 0 bridgehead atoms. The molecule has 0 heterocycles. The van der Waals surface area contributed by atoms with E-state index < -0.39 is 23.2 Å². The summed E-state index contributed by atoms with van der Waals surface area (Å²) in [7, 11) is 0. The first kappa shape index (κ1) is 12.7. The molecule has 0 aliphatic heterocycles. The van der Waals surface area contributed by atoms with E-state index in [-0.39, 0.29) is 17.9 Å². The van der Waals surface area contributed by atoms with Crippen molar-refractivity contribution in [3.8, 4) is 0 Å². The fourth-order valence-corrected chi connectivity index (χ4v) is 1.31. The van der Waals surface area contributed by atoms with Gasteiger partial charge in [0.25, 0.3) is 0 Å². The van der Waals surface area contributed by atoms with Crippen LogP contribution in [0, 0.1) is 23.4 Å². The Bertz CT molecular complexity index is 401. The van der Waals surface area contributed by atoms with E-state index in [4.69, 9.17) is 0 Å². The Morgan fingerprint density at radius 1 is 1.25 bits per heavy atom. The summed E-state index contributed by atoms with van der Waals surface area (Å²) in [5.41, 5.74) is -0.376. The molecule has 1 nitrogen and oxygen atoms in total. The second kappa shape index (κ2) is 5.14. The van der Waals surface area contributed by atoms with Crippen molar-refractivity contribution in [3.63, 3.8) is 0 Å². The number of carbonyl (C=O) groups is 1. The van der Waals surface area contributed by atoms with Crippen LogP contribution in [0.15, 0.2) is 12.1 Å². The summed E-state index contributed by atoms with van der Waals surface area (Å²) in [5, 5.41) is 0. The summed E-state index contributed by atoms with van der Waals surface area (Å²) >= 11 is 0. The molecular formula is C12H13F3O. The topological polar surface area (TPSA) is 17.1 Å². The SMILES string of the molecule is CCC(C)CC(=O)c1ccc(F)c(F)c1F. The highest BCUT2D eigenvalue weighted by Crippen LogP contribution is 2.19. The lowest BCUT2D eigenvalue weighted by Gasteiger charge is -2.08. The molecule has 0 aliphatic carbocycles. The summed E-state index contributed by atoms with van der Waals surface area (Å²) in [5.74, 6) is -4.66. The maximum absolute atomic E-state index is 13.2. The smallest absolute Gasteiger partial charge is 0.195 e. The van der Waals surface area contributed by atoms with Crippen LogP contribution in [0.25, 0.3) is 0 Å². The van der Waals surface area contributed by atoms with Crippen LogP contribution in [0.4, 0.5) is 13.2 Å². The van der Waals surface area contributed by atoms with E-state index in [0.717, 1.165) is 18.6 Å². The summed E-state index contributed by atoms with van der Waals surface area (Å²) in [6, 6.07) is 1.75. The highest BCUT2D eigenvalue weighted by molar-refractivity contribution is 5.96. The molecule has 1 unspecified atom stereocenters. The van der Waals surface area contributed by atoms with Gasteiger partial charge in [-0.25, -0.2) is 13.2 Å². The van der Waals surface area contributed by atoms with Crippen molar-refractivity contribution in [2.24, 2.45) is 5.92 Å². The van der Waals surface area contributed by atoms with E-state index in [1.54, 1.807) is 0 Å². The van der Waals surface area contributed by atoms with Gasteiger partial charge < -0.3 is 0 Å². The van der Waals surface area contributed by atoms with Crippen molar-refractivity contribution in [2.45, 2.75) is 26.7 Å². The van der Waals surface area contributed by atoms with Gasteiger partial charge in [-0.15, -0.1) is 0 Å². The highest BCUT2D eigenvalue weighted by atomic mass is 19.2. The fourth-order valence-electron chi connectivity index (χ4n) is 1.31. The molecule has 1 aromatic rings. The van der Waals surface area contributed by atoms with Gasteiger partial charge in [0.15, 0.2) is 23.2 Å². The Labute approximate surface area is 92.3 Å². The van der Waals surface area contributed by atoms with E-state index in [1.807, 2.05) is 13.8 Å². The van der Waals surface area contributed by atoms with E-state index >= 15 is 0 Å². The molecule has 1 aromatic carbocycles. The van der Waals surface area contributed by atoms with E-state index in [9.17, 15) is 18.0 Å². The van der Waals surface area contributed by atoms with Crippen LogP contribution < -0.4 is 0 Å². The van der Waals surface area contributed by atoms with Crippen molar-refractivity contribution >= 4 is 5.78 Å². The number of rotatable bonds is 4. The Morgan fingerprint density at radius 2 is 1.88 bits per heavy atom. The fraction of sp³-hybridized carbons (Fsp3) is 0.417. The van der Waals surface area contributed by atoms with Crippen LogP contribution in [0.1, 0.15) is 37.0 Å². The summed E-state index contributed by atoms with van der Waals surface area (Å²) in [4.78, 5) is 11.6. The van der Waals surface area contributed by atoms with Crippen molar-refractivity contribution in [3.05, 3.63) is 35.1 Å².